The Bertz CT molecular complexity index is 127. The van der Waals surface area contributed by atoms with E-state index in [0.717, 1.165) is 0 Å². The quantitative estimate of drug-likeness (QED) is 0.633. The van der Waals surface area contributed by atoms with E-state index in [0.29, 0.717) is 0 Å². The van der Waals surface area contributed by atoms with Crippen molar-refractivity contribution in [3.63, 3.8) is 0 Å². The Morgan fingerprint density at radius 3 is 1.25 bits per heavy atom. The van der Waals surface area contributed by atoms with E-state index >= 15 is 0 Å². The third-order valence-corrected chi connectivity index (χ3v) is 14.3. The first kappa shape index (κ1) is 12.4. The van der Waals surface area contributed by atoms with Crippen molar-refractivity contribution in [2.45, 2.75) is 52.1 Å². The van der Waals surface area contributed by atoms with E-state index in [9.17, 15) is 0 Å². The van der Waals surface area contributed by atoms with Crippen molar-refractivity contribution < 1.29 is 0 Å². The second-order valence-corrected chi connectivity index (χ2v) is 15.3. The van der Waals surface area contributed by atoms with E-state index in [2.05, 4.69) is 51.3 Å². The zero-order valence-electron chi connectivity index (χ0n) is 9.86. The highest BCUT2D eigenvalue weighted by Gasteiger charge is 2.35. The number of nitrogens with zero attached hydrogens (tertiary/aromatic N) is 1. The third kappa shape index (κ3) is 2.71. The van der Waals surface area contributed by atoms with E-state index in [4.69, 9.17) is 0 Å². The van der Waals surface area contributed by atoms with Gasteiger partial charge in [0.2, 0.25) is 0 Å². The summed E-state index contributed by atoms with van der Waals surface area (Å²) in [5, 5.41) is 0. The molecule has 0 aromatic carbocycles. The van der Waals surface area contributed by atoms with E-state index in [1.165, 1.54) is 12.1 Å². The molecule has 0 fully saturated rings. The average Bonchev–Trinajstić information content (AvgIpc) is 2.03. The molecule has 0 unspecified atom stereocenters. The van der Waals surface area contributed by atoms with E-state index in [-0.39, 0.29) is 0 Å². The monoisotopic (exact) mass is 203 g/mol. The van der Waals surface area contributed by atoms with E-state index in [1.807, 2.05) is 0 Å². The minimum atomic E-state index is -1.04. The molecule has 0 amide bonds. The molecule has 0 aliphatic carbocycles. The van der Waals surface area contributed by atoms with Gasteiger partial charge in [-0.1, -0.05) is 40.0 Å². The Labute approximate surface area is 80.3 Å². The van der Waals surface area contributed by atoms with E-state index < -0.39 is 16.5 Å². The van der Waals surface area contributed by atoms with Crippen LogP contribution in [0.3, 0.4) is 0 Å². The predicted molar refractivity (Wildman–Crippen MR) is 63.7 cm³/mol. The van der Waals surface area contributed by atoms with Crippen molar-refractivity contribution >= 4 is 16.5 Å². The van der Waals surface area contributed by atoms with Gasteiger partial charge >= 0.3 is 0 Å². The van der Waals surface area contributed by atoms with Crippen LogP contribution in [0.15, 0.2) is 0 Å². The van der Waals surface area contributed by atoms with Crippen LogP contribution in [0.5, 0.6) is 0 Å². The zero-order chi connectivity index (χ0) is 9.99. The van der Waals surface area contributed by atoms with Gasteiger partial charge in [0, 0.05) is 0 Å². The zero-order valence-corrected chi connectivity index (χ0v) is 11.9. The van der Waals surface area contributed by atoms with Gasteiger partial charge in [-0.3, -0.25) is 0 Å². The van der Waals surface area contributed by atoms with Crippen molar-refractivity contribution in [2.75, 3.05) is 7.05 Å². The molecule has 0 rings (SSSR count). The topological polar surface area (TPSA) is 3.24 Å². The Kier molecular flexibility index (Phi) is 4.20. The van der Waals surface area contributed by atoms with Crippen LogP contribution in [0.1, 0.15) is 13.8 Å². The summed E-state index contributed by atoms with van der Waals surface area (Å²) in [6.45, 7) is 14.6. The van der Waals surface area contributed by atoms with Crippen molar-refractivity contribution in [3.8, 4) is 0 Å². The SMILES string of the molecule is CC[Si](C)(C)N(C)[Si](C)(C)CC. The summed E-state index contributed by atoms with van der Waals surface area (Å²) in [4.78, 5) is 0. The van der Waals surface area contributed by atoms with Crippen LogP contribution in [0.4, 0.5) is 0 Å². The fourth-order valence-corrected chi connectivity index (χ4v) is 9.75. The lowest BCUT2D eigenvalue weighted by Crippen LogP contribution is -2.59. The first-order valence-electron chi connectivity index (χ1n) is 5.02. The summed E-state index contributed by atoms with van der Waals surface area (Å²) in [5.74, 6) is 0. The molecule has 0 spiro atoms. The van der Waals surface area contributed by atoms with Crippen LogP contribution in [0.25, 0.3) is 0 Å². The molecule has 1 nitrogen and oxygen atoms in total. The molecular formula is C9H25NSi2. The molecule has 0 aromatic rings. The highest BCUT2D eigenvalue weighted by atomic mass is 28.4. The smallest absolute Gasteiger partial charge is 0.115 e. The Balaban J connectivity index is 4.47. The van der Waals surface area contributed by atoms with Gasteiger partial charge in [0.25, 0.3) is 0 Å². The summed E-state index contributed by atoms with van der Waals surface area (Å²) in [6.07, 6.45) is 0. The average molecular weight is 203 g/mol. The molecule has 3 heteroatoms. The van der Waals surface area contributed by atoms with Crippen LogP contribution in [-0.2, 0) is 0 Å². The maximum absolute atomic E-state index is 2.76. The molecular weight excluding hydrogens is 178 g/mol. The summed E-state index contributed by atoms with van der Waals surface area (Å²) >= 11 is 0. The van der Waals surface area contributed by atoms with Gasteiger partial charge in [-0.25, -0.2) is 0 Å². The van der Waals surface area contributed by atoms with Gasteiger partial charge in [-0.15, -0.1) is 0 Å². The van der Waals surface area contributed by atoms with Crippen molar-refractivity contribution in [3.05, 3.63) is 0 Å². The lowest BCUT2D eigenvalue weighted by atomic mass is 11.0. The molecule has 0 saturated carbocycles. The molecule has 0 aliphatic heterocycles. The summed E-state index contributed by atoms with van der Waals surface area (Å²) in [7, 11) is 0.269. The van der Waals surface area contributed by atoms with Crippen LogP contribution >= 0.6 is 0 Å². The molecule has 0 radical (unpaired) electrons. The lowest BCUT2D eigenvalue weighted by molar-refractivity contribution is 0.735. The third-order valence-electron chi connectivity index (χ3n) is 3.55. The molecule has 74 valence electrons. The summed E-state index contributed by atoms with van der Waals surface area (Å²) < 4.78 is 2.76. The fraction of sp³-hybridized carbons (Fsp3) is 1.00. The molecule has 0 atom stereocenters. The highest BCUT2D eigenvalue weighted by molar-refractivity contribution is 6.90. The van der Waals surface area contributed by atoms with Crippen LogP contribution in [0, 0.1) is 0 Å². The van der Waals surface area contributed by atoms with Crippen LogP contribution in [0.2, 0.25) is 38.3 Å². The van der Waals surface area contributed by atoms with Crippen molar-refractivity contribution in [1.82, 2.24) is 4.23 Å². The minimum Gasteiger partial charge on any atom is -0.348 e. The Hall–Kier alpha value is 0.394. The van der Waals surface area contributed by atoms with Crippen molar-refractivity contribution in [2.24, 2.45) is 0 Å². The van der Waals surface area contributed by atoms with Gasteiger partial charge in [0.05, 0.1) is 0 Å². The van der Waals surface area contributed by atoms with Gasteiger partial charge in [0.1, 0.15) is 16.5 Å². The summed E-state index contributed by atoms with van der Waals surface area (Å²) in [5.41, 5.74) is 0. The Morgan fingerprint density at radius 2 is 1.08 bits per heavy atom. The number of hydrogen-bond donors (Lipinski definition) is 0. The summed E-state index contributed by atoms with van der Waals surface area (Å²) in [6, 6.07) is 2.75. The second-order valence-electron chi connectivity index (χ2n) is 4.89. The van der Waals surface area contributed by atoms with Gasteiger partial charge in [-0.2, -0.15) is 0 Å². The lowest BCUT2D eigenvalue weighted by Gasteiger charge is -2.43. The molecule has 0 aliphatic rings. The molecule has 0 bridgehead atoms. The van der Waals surface area contributed by atoms with Gasteiger partial charge < -0.3 is 4.23 Å². The first-order valence-corrected chi connectivity index (χ1v) is 11.3. The fourth-order valence-electron chi connectivity index (χ4n) is 1.29. The molecule has 0 N–H and O–H groups in total. The maximum atomic E-state index is 2.76. The number of rotatable bonds is 4. The van der Waals surface area contributed by atoms with Crippen molar-refractivity contribution in [1.29, 1.82) is 0 Å². The molecule has 12 heavy (non-hydrogen) atoms. The Morgan fingerprint density at radius 1 is 0.833 bits per heavy atom. The predicted octanol–water partition coefficient (Wildman–Crippen LogP) is 3.37. The van der Waals surface area contributed by atoms with Crippen LogP contribution in [-0.4, -0.2) is 27.7 Å². The molecule has 0 saturated heterocycles. The maximum Gasteiger partial charge on any atom is 0.115 e. The number of hydrogen-bond acceptors (Lipinski definition) is 1. The highest BCUT2D eigenvalue weighted by Crippen LogP contribution is 2.22. The minimum absolute atomic E-state index is 1.04. The van der Waals surface area contributed by atoms with E-state index in [1.54, 1.807) is 0 Å². The largest absolute Gasteiger partial charge is 0.348 e. The molecule has 0 heterocycles. The normalized spacial score (nSPS) is 14.0. The van der Waals surface area contributed by atoms with Gasteiger partial charge in [0.15, 0.2) is 0 Å². The standard InChI is InChI=1S/C9H25NSi2/c1-8-11(4,5)10(3)12(6,7)9-2/h8-9H2,1-7H3. The van der Waals surface area contributed by atoms with Crippen LogP contribution < -0.4 is 0 Å². The molecule has 0 aromatic heterocycles. The first-order chi connectivity index (χ1) is 5.28. The van der Waals surface area contributed by atoms with Gasteiger partial charge in [-0.05, 0) is 19.1 Å². The second kappa shape index (κ2) is 4.07.